The number of carboxylic acid groups (broad SMARTS) is 1. The van der Waals surface area contributed by atoms with Gasteiger partial charge in [0, 0.05) is 13.2 Å². The van der Waals surface area contributed by atoms with Crippen molar-refractivity contribution < 1.29 is 33.7 Å². The first-order valence-electron chi connectivity index (χ1n) is 13.8. The highest BCUT2D eigenvalue weighted by Crippen LogP contribution is 2.40. The predicted octanol–water partition coefficient (Wildman–Crippen LogP) is 4.67. The molecule has 2 unspecified atom stereocenters. The van der Waals surface area contributed by atoms with E-state index in [0.29, 0.717) is 49.6 Å². The van der Waals surface area contributed by atoms with Gasteiger partial charge in [0.05, 0.1) is 18.2 Å². The van der Waals surface area contributed by atoms with E-state index in [1.54, 1.807) is 24.3 Å². The maximum Gasteiger partial charge on any atom is 0.407 e. The van der Waals surface area contributed by atoms with E-state index in [-0.39, 0.29) is 18.5 Å². The molecule has 1 aliphatic carbocycles. The Kier molecular flexibility index (Phi) is 8.35. The summed E-state index contributed by atoms with van der Waals surface area (Å²) in [6.45, 7) is 3.15. The molecule has 0 radical (unpaired) electrons. The van der Waals surface area contributed by atoms with Gasteiger partial charge in [-0.1, -0.05) is 24.3 Å². The van der Waals surface area contributed by atoms with Gasteiger partial charge in [0.2, 0.25) is 5.91 Å². The summed E-state index contributed by atoms with van der Waals surface area (Å²) in [4.78, 5) is 38.0. The topological polar surface area (TPSA) is 114 Å². The first-order chi connectivity index (χ1) is 18.9. The Hall–Kier alpha value is -3.59. The fraction of sp³-hybridized carbons (Fsp3) is 0.500. The summed E-state index contributed by atoms with van der Waals surface area (Å²) in [6.07, 6.45) is 2.98. The molecule has 9 heteroatoms. The minimum absolute atomic E-state index is 0.134. The van der Waals surface area contributed by atoms with Crippen LogP contribution in [0.4, 0.5) is 4.79 Å². The smallest absolute Gasteiger partial charge is 0.407 e. The number of hydrogen-bond donors (Lipinski definition) is 2. The fourth-order valence-corrected chi connectivity index (χ4v) is 5.25. The van der Waals surface area contributed by atoms with Crippen LogP contribution in [0.5, 0.6) is 5.75 Å². The minimum Gasteiger partial charge on any atom is -0.484 e. The van der Waals surface area contributed by atoms with E-state index in [9.17, 15) is 19.5 Å². The van der Waals surface area contributed by atoms with Crippen LogP contribution in [0.1, 0.15) is 79.0 Å². The monoisotopic (exact) mass is 536 g/mol. The second-order valence-corrected chi connectivity index (χ2v) is 10.7. The summed E-state index contributed by atoms with van der Waals surface area (Å²) < 4.78 is 17.5. The average molecular weight is 537 g/mol. The van der Waals surface area contributed by atoms with Gasteiger partial charge >= 0.3 is 12.1 Å². The van der Waals surface area contributed by atoms with Crippen molar-refractivity contribution >= 4 is 18.0 Å². The first-order valence-corrected chi connectivity index (χ1v) is 13.8. The van der Waals surface area contributed by atoms with E-state index in [1.165, 1.54) is 23.3 Å². The van der Waals surface area contributed by atoms with Crippen LogP contribution in [-0.2, 0) is 14.3 Å². The van der Waals surface area contributed by atoms with Gasteiger partial charge in [-0.25, -0.2) is 9.59 Å². The zero-order chi connectivity index (χ0) is 27.4. The van der Waals surface area contributed by atoms with Crippen molar-refractivity contribution in [3.8, 4) is 5.75 Å². The van der Waals surface area contributed by atoms with E-state index < -0.39 is 30.4 Å². The maximum atomic E-state index is 12.8. The molecule has 39 heavy (non-hydrogen) atoms. The molecule has 5 rings (SSSR count). The molecule has 2 N–H and O–H groups in total. The number of amides is 2. The standard InChI is InChI=1S/C30H36N2O7/c1-19(31-28(33)26-5-3-17-37-26)27(22-10-8-21(9-11-22)20-6-7-20)38-24-14-12-23(13-15-24)29(34)39-25-4-2-16-32(18-25)30(35)36/h8-15,19-20,25-27H,2-7,16-18H2,1H3,(H,31,33)(H,35,36)/t19?,25-,26+,27?/m0/s1. The molecule has 2 heterocycles. The number of benzene rings is 2. The zero-order valence-corrected chi connectivity index (χ0v) is 22.2. The number of nitrogens with one attached hydrogen (secondary N) is 1. The third kappa shape index (κ3) is 6.89. The van der Waals surface area contributed by atoms with Gasteiger partial charge in [-0.05, 0) is 86.8 Å². The van der Waals surface area contributed by atoms with E-state index in [0.717, 1.165) is 12.0 Å². The van der Waals surface area contributed by atoms with Gasteiger partial charge in [0.15, 0.2) is 0 Å². The summed E-state index contributed by atoms with van der Waals surface area (Å²) in [7, 11) is 0. The molecule has 2 saturated heterocycles. The Morgan fingerprint density at radius 3 is 2.38 bits per heavy atom. The van der Waals surface area contributed by atoms with Gasteiger partial charge in [-0.2, -0.15) is 0 Å². The van der Waals surface area contributed by atoms with Crippen LogP contribution in [0.3, 0.4) is 0 Å². The second-order valence-electron chi connectivity index (χ2n) is 10.7. The van der Waals surface area contributed by atoms with Gasteiger partial charge < -0.3 is 29.5 Å². The van der Waals surface area contributed by atoms with E-state index in [2.05, 4.69) is 29.6 Å². The van der Waals surface area contributed by atoms with Crippen LogP contribution < -0.4 is 10.1 Å². The van der Waals surface area contributed by atoms with Crippen LogP contribution in [0.2, 0.25) is 0 Å². The van der Waals surface area contributed by atoms with Crippen molar-refractivity contribution in [1.82, 2.24) is 10.2 Å². The Bertz CT molecular complexity index is 1160. The highest BCUT2D eigenvalue weighted by Gasteiger charge is 2.30. The molecule has 2 aliphatic heterocycles. The van der Waals surface area contributed by atoms with Crippen molar-refractivity contribution in [2.75, 3.05) is 19.7 Å². The van der Waals surface area contributed by atoms with Crippen LogP contribution in [-0.4, -0.2) is 65.9 Å². The van der Waals surface area contributed by atoms with Gasteiger partial charge in [0.25, 0.3) is 0 Å². The number of carbonyl (C=O) groups is 3. The van der Waals surface area contributed by atoms with Crippen molar-refractivity contribution in [2.24, 2.45) is 0 Å². The third-order valence-electron chi connectivity index (χ3n) is 7.64. The first kappa shape index (κ1) is 27.0. The number of ether oxygens (including phenoxy) is 3. The Morgan fingerprint density at radius 1 is 1.00 bits per heavy atom. The molecule has 4 atom stereocenters. The average Bonchev–Trinajstić information content (AvgIpc) is 3.65. The van der Waals surface area contributed by atoms with Crippen molar-refractivity contribution in [3.05, 3.63) is 65.2 Å². The Morgan fingerprint density at radius 2 is 1.74 bits per heavy atom. The lowest BCUT2D eigenvalue weighted by Gasteiger charge is -2.30. The highest BCUT2D eigenvalue weighted by atomic mass is 16.5. The summed E-state index contributed by atoms with van der Waals surface area (Å²) in [5.74, 6) is 0.563. The maximum absolute atomic E-state index is 12.8. The molecular weight excluding hydrogens is 500 g/mol. The fourth-order valence-electron chi connectivity index (χ4n) is 5.25. The van der Waals surface area contributed by atoms with Crippen LogP contribution in [0.25, 0.3) is 0 Å². The quantitative estimate of drug-likeness (QED) is 0.448. The lowest BCUT2D eigenvalue weighted by Crippen LogP contribution is -2.44. The molecule has 208 valence electrons. The van der Waals surface area contributed by atoms with E-state index in [4.69, 9.17) is 14.2 Å². The largest absolute Gasteiger partial charge is 0.484 e. The van der Waals surface area contributed by atoms with Crippen LogP contribution in [0, 0.1) is 0 Å². The molecule has 0 spiro atoms. The molecule has 0 aromatic heterocycles. The Balaban J connectivity index is 1.25. The summed E-state index contributed by atoms with van der Waals surface area (Å²) in [5.41, 5.74) is 2.63. The van der Waals surface area contributed by atoms with Crippen molar-refractivity contribution in [3.63, 3.8) is 0 Å². The number of rotatable bonds is 9. The van der Waals surface area contributed by atoms with Crippen LogP contribution in [0.15, 0.2) is 48.5 Å². The lowest BCUT2D eigenvalue weighted by atomic mass is 10.00. The molecule has 2 aromatic carbocycles. The number of piperidine rings is 1. The number of nitrogens with zero attached hydrogens (tertiary/aromatic N) is 1. The summed E-state index contributed by atoms with van der Waals surface area (Å²) in [5, 5.41) is 12.3. The SMILES string of the molecule is CC(NC(=O)[C@H]1CCCO1)C(Oc1ccc(C(=O)O[C@H]2CCCN(C(=O)O)C2)cc1)c1ccc(C2CC2)cc1. The molecule has 2 aromatic rings. The normalized spacial score (nSPS) is 22.5. The highest BCUT2D eigenvalue weighted by molar-refractivity contribution is 5.89. The van der Waals surface area contributed by atoms with Gasteiger partial charge in [0.1, 0.15) is 24.1 Å². The van der Waals surface area contributed by atoms with E-state index in [1.807, 2.05) is 6.92 Å². The van der Waals surface area contributed by atoms with Gasteiger partial charge in [-0.15, -0.1) is 0 Å². The van der Waals surface area contributed by atoms with Crippen molar-refractivity contribution in [2.45, 2.75) is 75.7 Å². The zero-order valence-electron chi connectivity index (χ0n) is 22.2. The molecular formula is C30H36N2O7. The predicted molar refractivity (Wildman–Crippen MR) is 143 cm³/mol. The summed E-state index contributed by atoms with van der Waals surface area (Å²) in [6, 6.07) is 14.7. The number of likely N-dealkylation sites (tertiary alicyclic amines) is 1. The minimum atomic E-state index is -1.00. The lowest BCUT2D eigenvalue weighted by molar-refractivity contribution is -0.131. The van der Waals surface area contributed by atoms with Gasteiger partial charge in [-0.3, -0.25) is 4.79 Å². The second kappa shape index (κ2) is 12.1. The van der Waals surface area contributed by atoms with Crippen LogP contribution >= 0.6 is 0 Å². The number of esters is 1. The third-order valence-corrected chi connectivity index (χ3v) is 7.64. The molecule has 3 aliphatic rings. The van der Waals surface area contributed by atoms with Crippen molar-refractivity contribution in [1.29, 1.82) is 0 Å². The molecule has 1 saturated carbocycles. The number of carbonyl (C=O) groups excluding carboxylic acids is 2. The Labute approximate surface area is 228 Å². The molecule has 2 amide bonds. The summed E-state index contributed by atoms with van der Waals surface area (Å²) >= 11 is 0. The van der Waals surface area contributed by atoms with E-state index >= 15 is 0 Å². The number of hydrogen-bond acceptors (Lipinski definition) is 6. The molecule has 3 fully saturated rings. The molecule has 9 nitrogen and oxygen atoms in total. The molecule has 0 bridgehead atoms.